The topological polar surface area (TPSA) is 64.9 Å². The minimum Gasteiger partial charge on any atom is -0.325 e. The Labute approximate surface area is 123 Å². The molecule has 4 heteroatoms. The number of carbonyl (C=O) groups excluding carboxylic acids is 1. The maximum absolute atomic E-state index is 12.5. The van der Waals surface area contributed by atoms with Gasteiger partial charge in [-0.1, -0.05) is 30.3 Å². The van der Waals surface area contributed by atoms with Crippen LogP contribution in [-0.4, -0.2) is 12.5 Å². The third-order valence-electron chi connectivity index (χ3n) is 3.67. The first kappa shape index (κ1) is 13.3. The Morgan fingerprint density at radius 1 is 1.24 bits per heavy atom. The fourth-order valence-corrected chi connectivity index (χ4v) is 2.63. The molecule has 0 spiro atoms. The van der Waals surface area contributed by atoms with Crippen LogP contribution in [0.3, 0.4) is 0 Å². The van der Waals surface area contributed by atoms with Crippen LogP contribution in [0.25, 0.3) is 0 Å². The van der Waals surface area contributed by atoms with Crippen LogP contribution in [0, 0.1) is 11.3 Å². The number of rotatable bonds is 2. The van der Waals surface area contributed by atoms with Gasteiger partial charge in [0.2, 0.25) is 5.91 Å². The molecule has 2 aromatic rings. The smallest absolute Gasteiger partial charge is 0.233 e. The van der Waals surface area contributed by atoms with Crippen molar-refractivity contribution in [2.75, 3.05) is 11.9 Å². The summed E-state index contributed by atoms with van der Waals surface area (Å²) in [5.41, 5.74) is 3.43. The first-order chi connectivity index (χ1) is 10.3. The summed E-state index contributed by atoms with van der Waals surface area (Å²) in [5.74, 6) is -0.259. The van der Waals surface area contributed by atoms with Crippen molar-refractivity contribution in [3.63, 3.8) is 0 Å². The Morgan fingerprint density at radius 2 is 2.10 bits per heavy atom. The maximum atomic E-state index is 12.5. The molecule has 1 aliphatic heterocycles. The van der Waals surface area contributed by atoms with Crippen molar-refractivity contribution in [2.24, 2.45) is 0 Å². The molecular formula is C17H15N3O. The molecule has 21 heavy (non-hydrogen) atoms. The van der Waals surface area contributed by atoms with Crippen LogP contribution in [0.15, 0.2) is 48.5 Å². The lowest BCUT2D eigenvalue weighted by atomic mass is 9.90. The Morgan fingerprint density at radius 3 is 2.95 bits per heavy atom. The van der Waals surface area contributed by atoms with Gasteiger partial charge >= 0.3 is 0 Å². The second kappa shape index (κ2) is 5.78. The molecule has 0 radical (unpaired) electrons. The molecule has 0 bridgehead atoms. The molecule has 104 valence electrons. The lowest BCUT2D eigenvalue weighted by Crippen LogP contribution is -2.35. The molecule has 2 aromatic carbocycles. The van der Waals surface area contributed by atoms with E-state index < -0.39 is 0 Å². The number of nitrogens with one attached hydrogen (secondary N) is 2. The van der Waals surface area contributed by atoms with Gasteiger partial charge in [-0.05, 0) is 29.3 Å². The van der Waals surface area contributed by atoms with E-state index in [0.717, 1.165) is 17.7 Å². The van der Waals surface area contributed by atoms with Gasteiger partial charge in [0.25, 0.3) is 0 Å². The van der Waals surface area contributed by atoms with E-state index in [1.807, 2.05) is 24.3 Å². The highest BCUT2D eigenvalue weighted by Crippen LogP contribution is 2.25. The van der Waals surface area contributed by atoms with Gasteiger partial charge in [-0.25, -0.2) is 0 Å². The molecule has 1 aliphatic rings. The Kier molecular flexibility index (Phi) is 3.67. The average Bonchev–Trinajstić information content (AvgIpc) is 2.54. The van der Waals surface area contributed by atoms with Crippen molar-refractivity contribution in [3.8, 4) is 6.07 Å². The van der Waals surface area contributed by atoms with Crippen molar-refractivity contribution >= 4 is 11.6 Å². The number of benzene rings is 2. The Hall–Kier alpha value is -2.64. The van der Waals surface area contributed by atoms with Crippen molar-refractivity contribution in [2.45, 2.75) is 12.5 Å². The molecule has 0 saturated carbocycles. The number of carbonyl (C=O) groups is 1. The summed E-state index contributed by atoms with van der Waals surface area (Å²) >= 11 is 0. The molecule has 4 nitrogen and oxygen atoms in total. The normalized spacial score (nSPS) is 16.6. The molecule has 0 fully saturated rings. The Bertz CT molecular complexity index is 718. The molecule has 1 heterocycles. The van der Waals surface area contributed by atoms with Crippen molar-refractivity contribution in [1.82, 2.24) is 5.32 Å². The molecule has 1 amide bonds. The molecule has 1 atom stereocenters. The van der Waals surface area contributed by atoms with Crippen molar-refractivity contribution < 1.29 is 4.79 Å². The second-order valence-corrected chi connectivity index (χ2v) is 5.06. The summed E-state index contributed by atoms with van der Waals surface area (Å²) in [6.45, 7) is 1.42. The summed E-state index contributed by atoms with van der Waals surface area (Å²) in [7, 11) is 0. The first-order valence-electron chi connectivity index (χ1n) is 6.87. The number of hydrogen-bond donors (Lipinski definition) is 2. The van der Waals surface area contributed by atoms with Crippen LogP contribution >= 0.6 is 0 Å². The van der Waals surface area contributed by atoms with Gasteiger partial charge in [0, 0.05) is 18.8 Å². The lowest BCUT2D eigenvalue weighted by molar-refractivity contribution is -0.117. The summed E-state index contributed by atoms with van der Waals surface area (Å²) < 4.78 is 0. The zero-order valence-corrected chi connectivity index (χ0v) is 11.5. The highest BCUT2D eigenvalue weighted by molar-refractivity contribution is 5.96. The second-order valence-electron chi connectivity index (χ2n) is 5.06. The SMILES string of the molecule is N#Cc1cccc(NC(=O)C2CNCc3ccccc32)c1. The number of hydrogen-bond acceptors (Lipinski definition) is 3. The van der Waals surface area contributed by atoms with Crippen LogP contribution < -0.4 is 10.6 Å². The Balaban J connectivity index is 1.82. The highest BCUT2D eigenvalue weighted by Gasteiger charge is 2.25. The minimum absolute atomic E-state index is 0.0512. The van der Waals surface area contributed by atoms with E-state index in [1.165, 1.54) is 0 Å². The minimum atomic E-state index is -0.208. The van der Waals surface area contributed by atoms with Crippen LogP contribution in [0.1, 0.15) is 22.6 Å². The maximum Gasteiger partial charge on any atom is 0.233 e. The van der Waals surface area contributed by atoms with E-state index in [9.17, 15) is 4.79 Å². The van der Waals surface area contributed by atoms with E-state index in [-0.39, 0.29) is 11.8 Å². The summed E-state index contributed by atoms with van der Waals surface area (Å²) in [6, 6.07) is 17.0. The average molecular weight is 277 g/mol. The van der Waals surface area contributed by atoms with E-state index in [1.54, 1.807) is 24.3 Å². The van der Waals surface area contributed by atoms with Gasteiger partial charge in [0.15, 0.2) is 0 Å². The third-order valence-corrected chi connectivity index (χ3v) is 3.67. The predicted molar refractivity (Wildman–Crippen MR) is 80.7 cm³/mol. The molecule has 0 saturated heterocycles. The van der Waals surface area contributed by atoms with Gasteiger partial charge in [0.05, 0.1) is 17.6 Å². The summed E-state index contributed by atoms with van der Waals surface area (Å²) in [6.07, 6.45) is 0. The number of anilines is 1. The lowest BCUT2D eigenvalue weighted by Gasteiger charge is -2.25. The van der Waals surface area contributed by atoms with Crippen LogP contribution in [0.2, 0.25) is 0 Å². The number of fused-ring (bicyclic) bond motifs is 1. The van der Waals surface area contributed by atoms with Gasteiger partial charge in [-0.3, -0.25) is 4.79 Å². The molecular weight excluding hydrogens is 262 g/mol. The first-order valence-corrected chi connectivity index (χ1v) is 6.87. The third kappa shape index (κ3) is 2.78. The predicted octanol–water partition coefficient (Wildman–Crippen LogP) is 2.38. The largest absolute Gasteiger partial charge is 0.325 e. The molecule has 1 unspecified atom stereocenters. The number of amides is 1. The van der Waals surface area contributed by atoms with Crippen molar-refractivity contribution in [3.05, 3.63) is 65.2 Å². The zero-order chi connectivity index (χ0) is 14.7. The molecule has 3 rings (SSSR count). The van der Waals surface area contributed by atoms with Gasteiger partial charge in [0.1, 0.15) is 0 Å². The van der Waals surface area contributed by atoms with Crippen LogP contribution in [0.4, 0.5) is 5.69 Å². The van der Waals surface area contributed by atoms with E-state index in [2.05, 4.69) is 16.7 Å². The fraction of sp³-hybridized carbons (Fsp3) is 0.176. The zero-order valence-electron chi connectivity index (χ0n) is 11.5. The molecule has 0 aliphatic carbocycles. The summed E-state index contributed by atoms with van der Waals surface area (Å²) in [5, 5.41) is 15.1. The van der Waals surface area contributed by atoms with E-state index in [0.29, 0.717) is 17.8 Å². The quantitative estimate of drug-likeness (QED) is 0.885. The monoisotopic (exact) mass is 277 g/mol. The van der Waals surface area contributed by atoms with Crippen LogP contribution in [0.5, 0.6) is 0 Å². The van der Waals surface area contributed by atoms with Gasteiger partial charge in [-0.15, -0.1) is 0 Å². The fourth-order valence-electron chi connectivity index (χ4n) is 2.63. The summed E-state index contributed by atoms with van der Waals surface area (Å²) in [4.78, 5) is 12.5. The molecule has 0 aromatic heterocycles. The van der Waals surface area contributed by atoms with E-state index >= 15 is 0 Å². The highest BCUT2D eigenvalue weighted by atomic mass is 16.1. The van der Waals surface area contributed by atoms with Gasteiger partial charge in [-0.2, -0.15) is 5.26 Å². The van der Waals surface area contributed by atoms with Crippen molar-refractivity contribution in [1.29, 1.82) is 5.26 Å². The van der Waals surface area contributed by atoms with Gasteiger partial charge < -0.3 is 10.6 Å². The number of nitriles is 1. The van der Waals surface area contributed by atoms with Crippen LogP contribution in [-0.2, 0) is 11.3 Å². The standard InChI is InChI=1S/C17H15N3O/c18-9-12-4-3-6-14(8-12)20-17(21)16-11-19-10-13-5-1-2-7-15(13)16/h1-8,16,19H,10-11H2,(H,20,21). The van der Waals surface area contributed by atoms with E-state index in [4.69, 9.17) is 5.26 Å². The number of nitrogens with zero attached hydrogens (tertiary/aromatic N) is 1. The molecule has 2 N–H and O–H groups in total.